The molecule has 26 heavy (non-hydrogen) atoms. The molecule has 0 aliphatic carbocycles. The molecule has 0 bridgehead atoms. The molecule has 2 aromatic carbocycles. The highest BCUT2D eigenvalue weighted by molar-refractivity contribution is 6.43. The van der Waals surface area contributed by atoms with E-state index in [-0.39, 0.29) is 17.2 Å². The van der Waals surface area contributed by atoms with Crippen LogP contribution in [0.1, 0.15) is 10.6 Å². The molecule has 0 radical (unpaired) electrons. The molecule has 1 heterocycles. The fourth-order valence-electron chi connectivity index (χ4n) is 2.25. The predicted molar refractivity (Wildman–Crippen MR) is 95.2 cm³/mol. The maximum absolute atomic E-state index is 12.4. The van der Waals surface area contributed by atoms with Crippen molar-refractivity contribution < 1.29 is 22.7 Å². The smallest absolute Gasteiger partial charge is 0.387 e. The molecule has 8 heteroatoms. The Balaban J connectivity index is 1.82. The van der Waals surface area contributed by atoms with Crippen LogP contribution < -0.4 is 10.1 Å². The van der Waals surface area contributed by atoms with Gasteiger partial charge in [0, 0.05) is 5.56 Å². The molecule has 4 nitrogen and oxygen atoms in total. The molecule has 1 N–H and O–H groups in total. The maximum atomic E-state index is 12.4. The van der Waals surface area contributed by atoms with Crippen molar-refractivity contribution in [1.29, 1.82) is 0 Å². The predicted octanol–water partition coefficient (Wildman–Crippen LogP) is 6.11. The van der Waals surface area contributed by atoms with Gasteiger partial charge in [0.2, 0.25) is 0 Å². The average molecular weight is 398 g/mol. The molecule has 0 spiro atoms. The number of benzene rings is 2. The average Bonchev–Trinajstić information content (AvgIpc) is 3.08. The van der Waals surface area contributed by atoms with Crippen molar-refractivity contribution in [2.45, 2.75) is 6.61 Å². The minimum atomic E-state index is -3.01. The third kappa shape index (κ3) is 3.98. The SMILES string of the molecule is O=C(Nc1ccccc1OC(F)F)c1ccc(-c2cccc(Cl)c2Cl)o1. The molecule has 3 rings (SSSR count). The van der Waals surface area contributed by atoms with E-state index < -0.39 is 12.5 Å². The van der Waals surface area contributed by atoms with Crippen LogP contribution in [0.25, 0.3) is 11.3 Å². The van der Waals surface area contributed by atoms with Crippen molar-refractivity contribution in [2.24, 2.45) is 0 Å². The van der Waals surface area contributed by atoms with Crippen LogP contribution in [0.15, 0.2) is 59.0 Å². The molecule has 0 aliphatic rings. The summed E-state index contributed by atoms with van der Waals surface area (Å²) in [7, 11) is 0. The van der Waals surface area contributed by atoms with Crippen molar-refractivity contribution >= 4 is 34.8 Å². The van der Waals surface area contributed by atoms with Gasteiger partial charge in [0.15, 0.2) is 5.76 Å². The number of carbonyl (C=O) groups excluding carboxylic acids is 1. The van der Waals surface area contributed by atoms with Gasteiger partial charge in [0.05, 0.1) is 15.7 Å². The minimum absolute atomic E-state index is 0.0251. The number of halogens is 4. The number of anilines is 1. The molecule has 0 unspecified atom stereocenters. The molecule has 1 aromatic heterocycles. The molecule has 3 aromatic rings. The van der Waals surface area contributed by atoms with E-state index in [0.29, 0.717) is 21.4 Å². The Morgan fingerprint density at radius 2 is 1.81 bits per heavy atom. The lowest BCUT2D eigenvalue weighted by Gasteiger charge is -2.10. The second kappa shape index (κ2) is 7.76. The van der Waals surface area contributed by atoms with Gasteiger partial charge in [-0.3, -0.25) is 4.79 Å². The minimum Gasteiger partial charge on any atom is -0.451 e. The Kier molecular flexibility index (Phi) is 5.44. The third-order valence-electron chi connectivity index (χ3n) is 3.40. The number of hydrogen-bond donors (Lipinski definition) is 1. The lowest BCUT2D eigenvalue weighted by molar-refractivity contribution is -0.0493. The number of ether oxygens (including phenoxy) is 1. The van der Waals surface area contributed by atoms with Gasteiger partial charge < -0.3 is 14.5 Å². The number of amides is 1. The first-order chi connectivity index (χ1) is 12.5. The van der Waals surface area contributed by atoms with Crippen molar-refractivity contribution in [3.63, 3.8) is 0 Å². The first-order valence-corrected chi connectivity index (χ1v) is 8.10. The van der Waals surface area contributed by atoms with Gasteiger partial charge >= 0.3 is 6.61 Å². The Morgan fingerprint density at radius 1 is 1.04 bits per heavy atom. The quantitative estimate of drug-likeness (QED) is 0.565. The van der Waals surface area contributed by atoms with Gasteiger partial charge in [-0.1, -0.05) is 41.4 Å². The number of carbonyl (C=O) groups is 1. The van der Waals surface area contributed by atoms with Crippen LogP contribution in [0, 0.1) is 0 Å². The standard InChI is InChI=1S/C18H11Cl2F2NO3/c19-11-5-3-4-10(16(11)20)13-8-9-15(25-13)17(24)23-12-6-1-2-7-14(12)26-18(21)22/h1-9,18H,(H,23,24). The lowest BCUT2D eigenvalue weighted by atomic mass is 10.2. The maximum Gasteiger partial charge on any atom is 0.387 e. The monoisotopic (exact) mass is 397 g/mol. The third-order valence-corrected chi connectivity index (χ3v) is 4.22. The summed E-state index contributed by atoms with van der Waals surface area (Å²) in [6, 6.07) is 13.9. The zero-order chi connectivity index (χ0) is 18.7. The number of furan rings is 1. The molecule has 0 fully saturated rings. The van der Waals surface area contributed by atoms with Crippen LogP contribution in [0.2, 0.25) is 10.0 Å². The summed E-state index contributed by atoms with van der Waals surface area (Å²) in [6.45, 7) is -3.01. The van der Waals surface area contributed by atoms with Crippen LogP contribution in [0.4, 0.5) is 14.5 Å². The number of para-hydroxylation sites is 2. The number of rotatable bonds is 5. The molecular formula is C18H11Cl2F2NO3. The van der Waals surface area contributed by atoms with E-state index in [1.54, 1.807) is 30.3 Å². The number of hydrogen-bond acceptors (Lipinski definition) is 3. The first-order valence-electron chi connectivity index (χ1n) is 7.35. The van der Waals surface area contributed by atoms with E-state index in [9.17, 15) is 13.6 Å². The fourth-order valence-corrected chi connectivity index (χ4v) is 2.64. The highest BCUT2D eigenvalue weighted by Crippen LogP contribution is 2.34. The van der Waals surface area contributed by atoms with Crippen molar-refractivity contribution in [1.82, 2.24) is 0 Å². The number of alkyl halides is 2. The van der Waals surface area contributed by atoms with Crippen molar-refractivity contribution in [3.8, 4) is 17.1 Å². The second-order valence-electron chi connectivity index (χ2n) is 5.09. The Labute approximate surface area is 157 Å². The van der Waals surface area contributed by atoms with Crippen LogP contribution >= 0.6 is 23.2 Å². The van der Waals surface area contributed by atoms with E-state index >= 15 is 0 Å². The molecule has 134 valence electrons. The van der Waals surface area contributed by atoms with Crippen LogP contribution in [-0.2, 0) is 0 Å². The van der Waals surface area contributed by atoms with Gasteiger partial charge in [-0.2, -0.15) is 8.78 Å². The van der Waals surface area contributed by atoms with Gasteiger partial charge in [-0.15, -0.1) is 0 Å². The molecule has 0 saturated carbocycles. The summed E-state index contributed by atoms with van der Waals surface area (Å²) in [5.41, 5.74) is 0.621. The molecule has 0 saturated heterocycles. The Hall–Kier alpha value is -2.57. The molecule has 1 amide bonds. The molecule has 0 aliphatic heterocycles. The zero-order valence-electron chi connectivity index (χ0n) is 13.0. The summed E-state index contributed by atoms with van der Waals surface area (Å²) in [5, 5.41) is 3.12. The van der Waals surface area contributed by atoms with Crippen molar-refractivity contribution in [3.05, 3.63) is 70.4 Å². The Bertz CT molecular complexity index is 944. The van der Waals surface area contributed by atoms with E-state index in [0.717, 1.165) is 0 Å². The second-order valence-corrected chi connectivity index (χ2v) is 5.88. The number of nitrogens with one attached hydrogen (secondary N) is 1. The van der Waals surface area contributed by atoms with Gasteiger partial charge in [-0.25, -0.2) is 0 Å². The molecule has 0 atom stereocenters. The first kappa shape index (κ1) is 18.2. The Morgan fingerprint density at radius 3 is 2.58 bits per heavy atom. The fraction of sp³-hybridized carbons (Fsp3) is 0.0556. The van der Waals surface area contributed by atoms with Crippen molar-refractivity contribution in [2.75, 3.05) is 5.32 Å². The van der Waals surface area contributed by atoms with E-state index in [1.165, 1.54) is 24.3 Å². The summed E-state index contributed by atoms with van der Waals surface area (Å²) >= 11 is 12.1. The van der Waals surface area contributed by atoms with E-state index in [2.05, 4.69) is 10.1 Å². The normalized spacial score (nSPS) is 10.8. The summed E-state index contributed by atoms with van der Waals surface area (Å²) in [4.78, 5) is 12.3. The topological polar surface area (TPSA) is 51.5 Å². The van der Waals surface area contributed by atoms with E-state index in [1.807, 2.05) is 0 Å². The van der Waals surface area contributed by atoms with Crippen LogP contribution in [0.5, 0.6) is 5.75 Å². The largest absolute Gasteiger partial charge is 0.451 e. The van der Waals surface area contributed by atoms with Gasteiger partial charge in [-0.05, 0) is 36.4 Å². The lowest BCUT2D eigenvalue weighted by Crippen LogP contribution is -2.13. The van der Waals surface area contributed by atoms with Crippen LogP contribution in [-0.4, -0.2) is 12.5 Å². The molecular weight excluding hydrogens is 387 g/mol. The van der Waals surface area contributed by atoms with Crippen LogP contribution in [0.3, 0.4) is 0 Å². The van der Waals surface area contributed by atoms with Gasteiger partial charge in [0.25, 0.3) is 5.91 Å². The highest BCUT2D eigenvalue weighted by atomic mass is 35.5. The van der Waals surface area contributed by atoms with Gasteiger partial charge in [0.1, 0.15) is 11.5 Å². The summed E-state index contributed by atoms with van der Waals surface area (Å²) < 4.78 is 34.8. The highest BCUT2D eigenvalue weighted by Gasteiger charge is 2.17. The summed E-state index contributed by atoms with van der Waals surface area (Å²) in [6.07, 6.45) is 0. The van der Waals surface area contributed by atoms with E-state index in [4.69, 9.17) is 27.6 Å². The zero-order valence-corrected chi connectivity index (χ0v) is 14.5. The summed E-state index contributed by atoms with van der Waals surface area (Å²) in [5.74, 6) is -0.456.